The van der Waals surface area contributed by atoms with Crippen molar-refractivity contribution in [3.63, 3.8) is 0 Å². The van der Waals surface area contributed by atoms with E-state index < -0.39 is 21.4 Å². The second-order valence-electron chi connectivity index (χ2n) is 4.94. The van der Waals surface area contributed by atoms with Crippen molar-refractivity contribution in [3.05, 3.63) is 29.6 Å². The molecule has 0 aliphatic carbocycles. The molecule has 21 heavy (non-hydrogen) atoms. The van der Waals surface area contributed by atoms with Crippen LogP contribution in [0.1, 0.15) is 19.4 Å². The standard InChI is InChI=1S/C14H19FN2O3S/c1-14(2,20-3)10-17-21(18,19)12-7-6-11(5-4-8-16)13(15)9-12/h6-7,9,17H,8,10,16H2,1-3H3. The van der Waals surface area contributed by atoms with Gasteiger partial charge in [0.2, 0.25) is 10.0 Å². The molecule has 0 aliphatic rings. The highest BCUT2D eigenvalue weighted by molar-refractivity contribution is 7.89. The first-order chi connectivity index (χ1) is 9.72. The van der Waals surface area contributed by atoms with E-state index in [0.29, 0.717) is 0 Å². The number of hydrogen-bond acceptors (Lipinski definition) is 4. The SMILES string of the molecule is COC(C)(C)CNS(=O)(=O)c1ccc(C#CCN)c(F)c1. The molecule has 1 aromatic carbocycles. The van der Waals surface area contributed by atoms with Gasteiger partial charge in [0.05, 0.1) is 22.6 Å². The Kier molecular flexibility index (Phi) is 5.87. The van der Waals surface area contributed by atoms with Crippen molar-refractivity contribution in [1.29, 1.82) is 0 Å². The predicted octanol–water partition coefficient (Wildman–Crippen LogP) is 0.839. The first-order valence-corrected chi connectivity index (χ1v) is 7.73. The fourth-order valence-corrected chi connectivity index (χ4v) is 2.55. The fraction of sp³-hybridized carbons (Fsp3) is 0.429. The summed E-state index contributed by atoms with van der Waals surface area (Å²) in [6.07, 6.45) is 0. The first kappa shape index (κ1) is 17.6. The normalized spacial score (nSPS) is 11.9. The molecule has 116 valence electrons. The van der Waals surface area contributed by atoms with Gasteiger partial charge in [0.15, 0.2) is 0 Å². The van der Waals surface area contributed by atoms with Gasteiger partial charge in [-0.2, -0.15) is 0 Å². The monoisotopic (exact) mass is 314 g/mol. The molecular weight excluding hydrogens is 295 g/mol. The van der Waals surface area contributed by atoms with E-state index in [4.69, 9.17) is 10.5 Å². The average Bonchev–Trinajstić information content (AvgIpc) is 2.44. The van der Waals surface area contributed by atoms with Crippen molar-refractivity contribution in [2.45, 2.75) is 24.3 Å². The summed E-state index contributed by atoms with van der Waals surface area (Å²) in [4.78, 5) is -0.162. The van der Waals surface area contributed by atoms with Gasteiger partial charge >= 0.3 is 0 Å². The maximum atomic E-state index is 13.8. The van der Waals surface area contributed by atoms with Crippen LogP contribution in [0, 0.1) is 17.7 Å². The summed E-state index contributed by atoms with van der Waals surface area (Å²) < 4.78 is 45.5. The molecule has 0 amide bonds. The molecule has 1 rings (SSSR count). The third-order valence-electron chi connectivity index (χ3n) is 2.82. The zero-order valence-corrected chi connectivity index (χ0v) is 13.1. The Labute approximate surface area is 124 Å². The molecule has 3 N–H and O–H groups in total. The van der Waals surface area contributed by atoms with Gasteiger partial charge in [-0.15, -0.1) is 0 Å². The number of benzene rings is 1. The third kappa shape index (κ3) is 5.10. The number of ether oxygens (including phenoxy) is 1. The minimum absolute atomic E-state index is 0.0716. The lowest BCUT2D eigenvalue weighted by molar-refractivity contribution is 0.0276. The van der Waals surface area contributed by atoms with Gasteiger partial charge in [-0.1, -0.05) is 11.8 Å². The van der Waals surface area contributed by atoms with Crippen LogP contribution in [-0.4, -0.2) is 34.2 Å². The minimum Gasteiger partial charge on any atom is -0.377 e. The number of hydrogen-bond donors (Lipinski definition) is 2. The zero-order valence-electron chi connectivity index (χ0n) is 12.2. The van der Waals surface area contributed by atoms with Crippen LogP contribution in [0.4, 0.5) is 4.39 Å². The lowest BCUT2D eigenvalue weighted by Crippen LogP contribution is -2.39. The number of sulfonamides is 1. The van der Waals surface area contributed by atoms with E-state index in [0.717, 1.165) is 6.07 Å². The molecule has 0 saturated heterocycles. The first-order valence-electron chi connectivity index (χ1n) is 6.25. The number of rotatable bonds is 5. The van der Waals surface area contributed by atoms with Gasteiger partial charge in [-0.25, -0.2) is 17.5 Å². The van der Waals surface area contributed by atoms with E-state index in [1.54, 1.807) is 13.8 Å². The highest BCUT2D eigenvalue weighted by atomic mass is 32.2. The highest BCUT2D eigenvalue weighted by Gasteiger charge is 2.22. The van der Waals surface area contributed by atoms with Crippen molar-refractivity contribution in [2.75, 3.05) is 20.2 Å². The highest BCUT2D eigenvalue weighted by Crippen LogP contribution is 2.15. The van der Waals surface area contributed by atoms with E-state index in [2.05, 4.69) is 16.6 Å². The molecular formula is C14H19FN2O3S. The molecule has 0 aliphatic heterocycles. The predicted molar refractivity (Wildman–Crippen MR) is 78.6 cm³/mol. The van der Waals surface area contributed by atoms with Crippen LogP contribution in [0.3, 0.4) is 0 Å². The number of nitrogens with two attached hydrogens (primary N) is 1. The van der Waals surface area contributed by atoms with E-state index in [1.807, 2.05) is 0 Å². The summed E-state index contributed by atoms with van der Waals surface area (Å²) in [5.74, 6) is 4.34. The molecule has 0 radical (unpaired) electrons. The quantitative estimate of drug-likeness (QED) is 0.789. The van der Waals surface area contributed by atoms with Crippen LogP contribution in [0.25, 0.3) is 0 Å². The zero-order chi connectivity index (χ0) is 16.1. The second kappa shape index (κ2) is 7.00. The Balaban J connectivity index is 2.97. The Hall–Kier alpha value is -1.46. The maximum Gasteiger partial charge on any atom is 0.240 e. The molecule has 0 fully saturated rings. The molecule has 0 aromatic heterocycles. The molecule has 7 heteroatoms. The summed E-state index contributed by atoms with van der Waals surface area (Å²) in [7, 11) is -2.32. The average molecular weight is 314 g/mol. The van der Waals surface area contributed by atoms with E-state index >= 15 is 0 Å². The Morgan fingerprint density at radius 1 is 1.43 bits per heavy atom. The van der Waals surface area contributed by atoms with Crippen molar-refractivity contribution >= 4 is 10.0 Å². The number of nitrogens with one attached hydrogen (secondary N) is 1. The minimum atomic E-state index is -3.81. The van der Waals surface area contributed by atoms with Crippen LogP contribution in [-0.2, 0) is 14.8 Å². The summed E-state index contributed by atoms with van der Waals surface area (Å²) in [6, 6.07) is 3.54. The molecule has 0 spiro atoms. The summed E-state index contributed by atoms with van der Waals surface area (Å²) in [5.41, 5.74) is 4.66. The molecule has 0 atom stereocenters. The van der Waals surface area contributed by atoms with Crippen molar-refractivity contribution in [3.8, 4) is 11.8 Å². The topological polar surface area (TPSA) is 81.4 Å². The van der Waals surface area contributed by atoms with Gasteiger partial charge in [0, 0.05) is 13.7 Å². The largest absolute Gasteiger partial charge is 0.377 e. The number of methoxy groups -OCH3 is 1. The van der Waals surface area contributed by atoms with Crippen LogP contribution in [0.5, 0.6) is 0 Å². The van der Waals surface area contributed by atoms with Crippen LogP contribution >= 0.6 is 0 Å². The lowest BCUT2D eigenvalue weighted by atomic mass is 10.1. The summed E-state index contributed by atoms with van der Waals surface area (Å²) in [5, 5.41) is 0. The molecule has 0 unspecified atom stereocenters. The second-order valence-corrected chi connectivity index (χ2v) is 6.70. The molecule has 0 bridgehead atoms. The molecule has 5 nitrogen and oxygen atoms in total. The van der Waals surface area contributed by atoms with Gasteiger partial charge in [0.1, 0.15) is 5.82 Å². The molecule has 1 aromatic rings. The Morgan fingerprint density at radius 3 is 2.62 bits per heavy atom. The Bertz CT molecular complexity index is 661. The van der Waals surface area contributed by atoms with Gasteiger partial charge in [-0.3, -0.25) is 0 Å². The third-order valence-corrected chi connectivity index (χ3v) is 4.22. The van der Waals surface area contributed by atoms with E-state index in [1.165, 1.54) is 19.2 Å². The van der Waals surface area contributed by atoms with Crippen LogP contribution < -0.4 is 10.5 Å². The Morgan fingerprint density at radius 2 is 2.10 bits per heavy atom. The smallest absolute Gasteiger partial charge is 0.240 e. The summed E-state index contributed by atoms with van der Waals surface area (Å²) >= 11 is 0. The van der Waals surface area contributed by atoms with E-state index in [-0.39, 0.29) is 23.5 Å². The van der Waals surface area contributed by atoms with Crippen molar-refractivity contribution < 1.29 is 17.5 Å². The van der Waals surface area contributed by atoms with Crippen molar-refractivity contribution in [1.82, 2.24) is 4.72 Å². The fourth-order valence-electron chi connectivity index (χ4n) is 1.33. The molecule has 0 heterocycles. The number of halogens is 1. The van der Waals surface area contributed by atoms with E-state index in [9.17, 15) is 12.8 Å². The van der Waals surface area contributed by atoms with Crippen LogP contribution in [0.2, 0.25) is 0 Å². The molecule has 0 saturated carbocycles. The lowest BCUT2D eigenvalue weighted by Gasteiger charge is -2.23. The van der Waals surface area contributed by atoms with Crippen LogP contribution in [0.15, 0.2) is 23.1 Å². The van der Waals surface area contributed by atoms with Crippen molar-refractivity contribution in [2.24, 2.45) is 5.73 Å². The van der Waals surface area contributed by atoms with Gasteiger partial charge < -0.3 is 10.5 Å². The maximum absolute atomic E-state index is 13.8. The van der Waals surface area contributed by atoms with Gasteiger partial charge in [-0.05, 0) is 32.0 Å². The van der Waals surface area contributed by atoms with Gasteiger partial charge in [0.25, 0.3) is 0 Å². The summed E-state index contributed by atoms with van der Waals surface area (Å²) in [6.45, 7) is 3.65.